The SMILES string of the molecule is CCCNc1ncc([N+](=O)[O-])c(NCC(C)COC)n1. The highest BCUT2D eigenvalue weighted by atomic mass is 16.6. The molecule has 0 amide bonds. The number of nitro groups is 1. The van der Waals surface area contributed by atoms with Gasteiger partial charge < -0.3 is 15.4 Å². The number of hydrogen-bond donors (Lipinski definition) is 2. The van der Waals surface area contributed by atoms with Crippen LogP contribution in [0.4, 0.5) is 17.5 Å². The van der Waals surface area contributed by atoms with Crippen LogP contribution in [-0.4, -0.2) is 41.7 Å². The first-order valence-corrected chi connectivity index (χ1v) is 6.56. The van der Waals surface area contributed by atoms with Crippen LogP contribution in [0.25, 0.3) is 0 Å². The zero-order valence-corrected chi connectivity index (χ0v) is 12.0. The molecule has 1 unspecified atom stereocenters. The van der Waals surface area contributed by atoms with E-state index in [-0.39, 0.29) is 17.4 Å². The monoisotopic (exact) mass is 283 g/mol. The van der Waals surface area contributed by atoms with Crippen molar-refractivity contribution in [1.29, 1.82) is 0 Å². The summed E-state index contributed by atoms with van der Waals surface area (Å²) in [5.74, 6) is 0.840. The van der Waals surface area contributed by atoms with E-state index in [9.17, 15) is 10.1 Å². The summed E-state index contributed by atoms with van der Waals surface area (Å²) >= 11 is 0. The van der Waals surface area contributed by atoms with Gasteiger partial charge in [0, 0.05) is 20.2 Å². The Morgan fingerprint density at radius 2 is 2.25 bits per heavy atom. The van der Waals surface area contributed by atoms with Crippen molar-refractivity contribution in [3.8, 4) is 0 Å². The standard InChI is InChI=1S/C12H21N5O3/c1-4-5-13-12-15-7-10(17(18)19)11(16-12)14-6-9(2)8-20-3/h7,9H,4-6,8H2,1-3H3,(H2,13,14,15,16). The predicted molar refractivity (Wildman–Crippen MR) is 77.0 cm³/mol. The molecule has 1 rings (SSSR count). The van der Waals surface area contributed by atoms with Gasteiger partial charge in [-0.05, 0) is 12.3 Å². The maximum atomic E-state index is 11.0. The first-order chi connectivity index (χ1) is 9.58. The Morgan fingerprint density at radius 3 is 2.85 bits per heavy atom. The quantitative estimate of drug-likeness (QED) is 0.527. The molecular weight excluding hydrogens is 262 g/mol. The van der Waals surface area contributed by atoms with Crippen molar-refractivity contribution in [2.75, 3.05) is 37.4 Å². The van der Waals surface area contributed by atoms with E-state index in [0.717, 1.165) is 13.0 Å². The number of hydrogen-bond acceptors (Lipinski definition) is 7. The number of nitrogens with zero attached hydrogens (tertiary/aromatic N) is 3. The summed E-state index contributed by atoms with van der Waals surface area (Å²) < 4.78 is 5.03. The fourth-order valence-electron chi connectivity index (χ4n) is 1.58. The lowest BCUT2D eigenvalue weighted by Crippen LogP contribution is -2.18. The molecule has 8 nitrogen and oxygen atoms in total. The predicted octanol–water partition coefficient (Wildman–Crippen LogP) is 1.90. The zero-order chi connectivity index (χ0) is 15.0. The van der Waals surface area contributed by atoms with Gasteiger partial charge in [0.1, 0.15) is 6.20 Å². The molecule has 0 bridgehead atoms. The maximum absolute atomic E-state index is 11.0. The van der Waals surface area contributed by atoms with E-state index in [4.69, 9.17) is 4.74 Å². The topological polar surface area (TPSA) is 102 Å². The van der Waals surface area contributed by atoms with E-state index in [1.807, 2.05) is 13.8 Å². The van der Waals surface area contributed by atoms with Crippen molar-refractivity contribution in [1.82, 2.24) is 9.97 Å². The lowest BCUT2D eigenvalue weighted by Gasteiger charge is -2.12. The molecule has 1 heterocycles. The molecule has 20 heavy (non-hydrogen) atoms. The van der Waals surface area contributed by atoms with E-state index in [2.05, 4.69) is 20.6 Å². The summed E-state index contributed by atoms with van der Waals surface area (Å²) in [5.41, 5.74) is -0.128. The molecule has 1 aromatic heterocycles. The summed E-state index contributed by atoms with van der Waals surface area (Å²) in [7, 11) is 1.62. The van der Waals surface area contributed by atoms with Crippen molar-refractivity contribution >= 4 is 17.5 Å². The van der Waals surface area contributed by atoms with Crippen molar-refractivity contribution in [2.45, 2.75) is 20.3 Å². The average molecular weight is 283 g/mol. The lowest BCUT2D eigenvalue weighted by molar-refractivity contribution is -0.384. The van der Waals surface area contributed by atoms with Gasteiger partial charge in [-0.25, -0.2) is 4.98 Å². The molecule has 0 aromatic carbocycles. The van der Waals surface area contributed by atoms with Crippen LogP contribution in [0.2, 0.25) is 0 Å². The minimum atomic E-state index is -0.493. The van der Waals surface area contributed by atoms with Crippen molar-refractivity contribution in [3.63, 3.8) is 0 Å². The summed E-state index contributed by atoms with van der Waals surface area (Å²) in [6.07, 6.45) is 2.14. The second-order valence-corrected chi connectivity index (χ2v) is 4.55. The van der Waals surface area contributed by atoms with Gasteiger partial charge in [-0.15, -0.1) is 0 Å². The molecule has 0 spiro atoms. The van der Waals surface area contributed by atoms with Crippen LogP contribution in [0.5, 0.6) is 0 Å². The summed E-state index contributed by atoms with van der Waals surface area (Å²) in [4.78, 5) is 18.5. The molecular formula is C12H21N5O3. The normalized spacial score (nSPS) is 11.9. The number of anilines is 2. The highest BCUT2D eigenvalue weighted by Crippen LogP contribution is 2.22. The largest absolute Gasteiger partial charge is 0.384 e. The van der Waals surface area contributed by atoms with Gasteiger partial charge in [-0.2, -0.15) is 4.98 Å². The molecule has 0 saturated heterocycles. The van der Waals surface area contributed by atoms with Gasteiger partial charge in [0.25, 0.3) is 0 Å². The Morgan fingerprint density at radius 1 is 1.50 bits per heavy atom. The van der Waals surface area contributed by atoms with Gasteiger partial charge in [0.15, 0.2) is 0 Å². The Labute approximate surface area is 118 Å². The van der Waals surface area contributed by atoms with Crippen molar-refractivity contribution in [2.24, 2.45) is 5.92 Å². The fourth-order valence-corrected chi connectivity index (χ4v) is 1.58. The number of methoxy groups -OCH3 is 1. The molecule has 2 N–H and O–H groups in total. The molecule has 0 saturated carbocycles. The fraction of sp³-hybridized carbons (Fsp3) is 0.667. The summed E-state index contributed by atoms with van der Waals surface area (Å²) in [6.45, 7) is 5.84. The summed E-state index contributed by atoms with van der Waals surface area (Å²) in [5, 5.41) is 16.9. The molecule has 8 heteroatoms. The third-order valence-electron chi connectivity index (χ3n) is 2.57. The van der Waals surface area contributed by atoms with E-state index in [1.54, 1.807) is 7.11 Å². The van der Waals surface area contributed by atoms with Crippen LogP contribution in [0.15, 0.2) is 6.20 Å². The van der Waals surface area contributed by atoms with Crippen LogP contribution in [0.1, 0.15) is 20.3 Å². The molecule has 112 valence electrons. The van der Waals surface area contributed by atoms with Gasteiger partial charge in [-0.1, -0.05) is 13.8 Å². The minimum absolute atomic E-state index is 0.128. The van der Waals surface area contributed by atoms with Crippen LogP contribution in [0, 0.1) is 16.0 Å². The first kappa shape index (κ1) is 16.1. The van der Waals surface area contributed by atoms with Crippen LogP contribution in [0.3, 0.4) is 0 Å². The number of ether oxygens (including phenoxy) is 1. The van der Waals surface area contributed by atoms with Crippen LogP contribution in [-0.2, 0) is 4.74 Å². The Hall–Kier alpha value is -1.96. The van der Waals surface area contributed by atoms with Crippen molar-refractivity contribution in [3.05, 3.63) is 16.3 Å². The summed E-state index contributed by atoms with van der Waals surface area (Å²) in [6, 6.07) is 0. The second kappa shape index (κ2) is 8.26. The van der Waals surface area contributed by atoms with Gasteiger partial charge in [0.05, 0.1) is 11.5 Å². The maximum Gasteiger partial charge on any atom is 0.329 e. The van der Waals surface area contributed by atoms with E-state index >= 15 is 0 Å². The average Bonchev–Trinajstić information content (AvgIpc) is 2.43. The third-order valence-corrected chi connectivity index (χ3v) is 2.57. The molecule has 0 fully saturated rings. The molecule has 0 radical (unpaired) electrons. The smallest absolute Gasteiger partial charge is 0.329 e. The van der Waals surface area contributed by atoms with E-state index in [0.29, 0.717) is 19.1 Å². The second-order valence-electron chi connectivity index (χ2n) is 4.55. The van der Waals surface area contributed by atoms with Crippen LogP contribution < -0.4 is 10.6 Å². The molecule has 0 aliphatic heterocycles. The number of aromatic nitrogens is 2. The molecule has 0 aliphatic carbocycles. The molecule has 1 aromatic rings. The van der Waals surface area contributed by atoms with Crippen molar-refractivity contribution < 1.29 is 9.66 Å². The Bertz CT molecular complexity index is 441. The molecule has 0 aliphatic rings. The number of rotatable bonds is 9. The third kappa shape index (κ3) is 4.96. The number of nitrogens with one attached hydrogen (secondary N) is 2. The highest BCUT2D eigenvalue weighted by molar-refractivity contribution is 5.56. The highest BCUT2D eigenvalue weighted by Gasteiger charge is 2.17. The lowest BCUT2D eigenvalue weighted by atomic mass is 10.2. The van der Waals surface area contributed by atoms with Gasteiger partial charge >= 0.3 is 5.69 Å². The first-order valence-electron chi connectivity index (χ1n) is 6.56. The van der Waals surface area contributed by atoms with Gasteiger partial charge in [0.2, 0.25) is 11.8 Å². The zero-order valence-electron chi connectivity index (χ0n) is 12.0. The van der Waals surface area contributed by atoms with E-state index < -0.39 is 4.92 Å². The Balaban J connectivity index is 2.80. The molecule has 1 atom stereocenters. The van der Waals surface area contributed by atoms with E-state index in [1.165, 1.54) is 6.20 Å². The Kier molecular flexibility index (Phi) is 6.65. The minimum Gasteiger partial charge on any atom is -0.384 e. The van der Waals surface area contributed by atoms with Crippen LogP contribution >= 0.6 is 0 Å². The van der Waals surface area contributed by atoms with Gasteiger partial charge in [-0.3, -0.25) is 10.1 Å².